The molecule has 0 fully saturated rings. The SMILES string of the molecule is Cc1cccc(-n2cccc2/C=c2\sc3nc4ccccc4n3c2=O)c1. The Morgan fingerprint density at radius 1 is 1.04 bits per heavy atom. The molecule has 3 aromatic heterocycles. The first-order chi connectivity index (χ1) is 12.7. The van der Waals surface area contributed by atoms with Crippen molar-refractivity contribution in [1.29, 1.82) is 0 Å². The van der Waals surface area contributed by atoms with Gasteiger partial charge in [-0.25, -0.2) is 9.38 Å². The number of rotatable bonds is 2. The quantitative estimate of drug-likeness (QED) is 0.485. The molecular weight excluding hydrogens is 342 g/mol. The molecule has 2 aromatic carbocycles. The molecule has 126 valence electrons. The fraction of sp³-hybridized carbons (Fsp3) is 0.0476. The van der Waals surface area contributed by atoms with Crippen molar-refractivity contribution >= 4 is 33.4 Å². The fourth-order valence-electron chi connectivity index (χ4n) is 3.27. The number of thiazole rings is 1. The van der Waals surface area contributed by atoms with Crippen LogP contribution < -0.4 is 10.1 Å². The second-order valence-corrected chi connectivity index (χ2v) is 7.29. The van der Waals surface area contributed by atoms with Crippen molar-refractivity contribution in [1.82, 2.24) is 14.0 Å². The molecule has 0 spiro atoms. The maximum absolute atomic E-state index is 12.9. The zero-order chi connectivity index (χ0) is 17.7. The molecule has 0 unspecified atom stereocenters. The summed E-state index contributed by atoms with van der Waals surface area (Å²) in [6.07, 6.45) is 3.96. The lowest BCUT2D eigenvalue weighted by atomic mass is 10.2. The normalized spacial score (nSPS) is 12.4. The number of imidazole rings is 1. The Labute approximate surface area is 153 Å². The molecule has 0 radical (unpaired) electrons. The molecule has 0 amide bonds. The first-order valence-electron chi connectivity index (χ1n) is 8.37. The third kappa shape index (κ3) is 2.29. The molecule has 0 atom stereocenters. The summed E-state index contributed by atoms with van der Waals surface area (Å²) >= 11 is 1.43. The van der Waals surface area contributed by atoms with Gasteiger partial charge in [0.15, 0.2) is 4.96 Å². The van der Waals surface area contributed by atoms with Crippen LogP contribution in [0.4, 0.5) is 0 Å². The van der Waals surface area contributed by atoms with Gasteiger partial charge in [-0.05, 0) is 55.0 Å². The summed E-state index contributed by atoms with van der Waals surface area (Å²) in [6.45, 7) is 2.07. The topological polar surface area (TPSA) is 39.3 Å². The Morgan fingerprint density at radius 2 is 1.92 bits per heavy atom. The minimum atomic E-state index is -0.0179. The van der Waals surface area contributed by atoms with Crippen molar-refractivity contribution in [2.24, 2.45) is 0 Å². The number of aromatic nitrogens is 3. The predicted octanol–water partition coefficient (Wildman–Crippen LogP) is 3.56. The molecular formula is C21H15N3OS. The first-order valence-corrected chi connectivity index (χ1v) is 9.18. The van der Waals surface area contributed by atoms with Crippen LogP contribution in [0, 0.1) is 6.92 Å². The van der Waals surface area contributed by atoms with Gasteiger partial charge in [-0.1, -0.05) is 35.6 Å². The van der Waals surface area contributed by atoms with Crippen LogP contribution >= 0.6 is 11.3 Å². The van der Waals surface area contributed by atoms with Crippen LogP contribution in [0.25, 0.3) is 27.8 Å². The van der Waals surface area contributed by atoms with Gasteiger partial charge in [0.2, 0.25) is 0 Å². The molecule has 0 aliphatic heterocycles. The van der Waals surface area contributed by atoms with Crippen molar-refractivity contribution in [3.8, 4) is 5.69 Å². The average Bonchev–Trinajstić information content (AvgIpc) is 3.31. The summed E-state index contributed by atoms with van der Waals surface area (Å²) in [6, 6.07) is 20.1. The van der Waals surface area contributed by atoms with Crippen molar-refractivity contribution in [3.05, 3.63) is 93.0 Å². The van der Waals surface area contributed by atoms with Gasteiger partial charge in [0.05, 0.1) is 15.6 Å². The number of benzene rings is 2. The maximum Gasteiger partial charge on any atom is 0.275 e. The lowest BCUT2D eigenvalue weighted by Gasteiger charge is -2.06. The van der Waals surface area contributed by atoms with Crippen LogP contribution in [0.1, 0.15) is 11.3 Å². The number of aryl methyl sites for hydroxylation is 1. The molecule has 26 heavy (non-hydrogen) atoms. The Hall–Kier alpha value is -3.18. The first kappa shape index (κ1) is 15.1. The van der Waals surface area contributed by atoms with Crippen LogP contribution in [0.3, 0.4) is 0 Å². The lowest BCUT2D eigenvalue weighted by Crippen LogP contribution is -2.23. The smallest absolute Gasteiger partial charge is 0.275 e. The Balaban J connectivity index is 1.72. The summed E-state index contributed by atoms with van der Waals surface area (Å²) in [5.41, 5.74) is 4.95. The lowest BCUT2D eigenvalue weighted by molar-refractivity contribution is 1.06. The van der Waals surface area contributed by atoms with Crippen molar-refractivity contribution in [3.63, 3.8) is 0 Å². The second kappa shape index (κ2) is 5.68. The molecule has 0 saturated carbocycles. The van der Waals surface area contributed by atoms with Crippen LogP contribution in [0.5, 0.6) is 0 Å². The molecule has 4 nitrogen and oxygen atoms in total. The molecule has 3 heterocycles. The number of hydrogen-bond acceptors (Lipinski definition) is 3. The predicted molar refractivity (Wildman–Crippen MR) is 106 cm³/mol. The number of para-hydroxylation sites is 2. The highest BCUT2D eigenvalue weighted by Crippen LogP contribution is 2.17. The monoisotopic (exact) mass is 357 g/mol. The molecule has 5 aromatic rings. The van der Waals surface area contributed by atoms with E-state index in [-0.39, 0.29) is 5.56 Å². The summed E-state index contributed by atoms with van der Waals surface area (Å²) in [5, 5.41) is 0. The van der Waals surface area contributed by atoms with Gasteiger partial charge in [-0.15, -0.1) is 0 Å². The minimum absolute atomic E-state index is 0.0179. The van der Waals surface area contributed by atoms with Gasteiger partial charge in [0, 0.05) is 17.6 Å². The second-order valence-electron chi connectivity index (χ2n) is 6.28. The molecule has 5 rings (SSSR count). The summed E-state index contributed by atoms with van der Waals surface area (Å²) < 4.78 is 4.48. The van der Waals surface area contributed by atoms with Gasteiger partial charge in [-0.2, -0.15) is 0 Å². The van der Waals surface area contributed by atoms with E-state index >= 15 is 0 Å². The summed E-state index contributed by atoms with van der Waals surface area (Å²) in [7, 11) is 0. The fourth-order valence-corrected chi connectivity index (χ4v) is 4.24. The van der Waals surface area contributed by atoms with Gasteiger partial charge < -0.3 is 4.57 Å². The Morgan fingerprint density at radius 3 is 2.81 bits per heavy atom. The number of nitrogens with zero attached hydrogens (tertiary/aromatic N) is 3. The highest BCUT2D eigenvalue weighted by molar-refractivity contribution is 7.15. The minimum Gasteiger partial charge on any atom is -0.317 e. The Kier molecular flexibility index (Phi) is 3.30. The maximum atomic E-state index is 12.9. The van der Waals surface area contributed by atoms with E-state index in [1.165, 1.54) is 16.9 Å². The number of hydrogen-bond donors (Lipinski definition) is 0. The van der Waals surface area contributed by atoms with E-state index in [0.29, 0.717) is 4.53 Å². The molecule has 0 saturated heterocycles. The van der Waals surface area contributed by atoms with Crippen molar-refractivity contribution in [2.75, 3.05) is 0 Å². The average molecular weight is 357 g/mol. The van der Waals surface area contributed by atoms with E-state index in [4.69, 9.17) is 0 Å². The third-order valence-electron chi connectivity index (χ3n) is 4.48. The number of fused-ring (bicyclic) bond motifs is 3. The van der Waals surface area contributed by atoms with E-state index in [9.17, 15) is 4.79 Å². The summed E-state index contributed by atoms with van der Waals surface area (Å²) in [4.78, 5) is 18.2. The van der Waals surface area contributed by atoms with Gasteiger partial charge in [-0.3, -0.25) is 4.79 Å². The van der Waals surface area contributed by atoms with Gasteiger partial charge in [0.25, 0.3) is 5.56 Å². The largest absolute Gasteiger partial charge is 0.317 e. The van der Waals surface area contributed by atoms with Crippen LogP contribution in [0.2, 0.25) is 0 Å². The van der Waals surface area contributed by atoms with E-state index in [0.717, 1.165) is 27.4 Å². The van der Waals surface area contributed by atoms with Crippen LogP contribution in [0.15, 0.2) is 71.7 Å². The van der Waals surface area contributed by atoms with E-state index in [2.05, 4.69) is 34.7 Å². The van der Waals surface area contributed by atoms with Crippen LogP contribution in [-0.2, 0) is 0 Å². The molecule has 5 heteroatoms. The van der Waals surface area contributed by atoms with E-state index < -0.39 is 0 Å². The van der Waals surface area contributed by atoms with Crippen LogP contribution in [-0.4, -0.2) is 14.0 Å². The van der Waals surface area contributed by atoms with Crippen molar-refractivity contribution < 1.29 is 0 Å². The van der Waals surface area contributed by atoms with Gasteiger partial charge >= 0.3 is 0 Å². The highest BCUT2D eigenvalue weighted by atomic mass is 32.1. The molecule has 0 aliphatic rings. The molecule has 0 N–H and O–H groups in total. The zero-order valence-electron chi connectivity index (χ0n) is 14.1. The van der Waals surface area contributed by atoms with E-state index in [1.807, 2.05) is 54.7 Å². The zero-order valence-corrected chi connectivity index (χ0v) is 14.9. The molecule has 0 bridgehead atoms. The summed E-state index contributed by atoms with van der Waals surface area (Å²) in [5.74, 6) is 0. The Bertz CT molecular complexity index is 1370. The third-order valence-corrected chi connectivity index (χ3v) is 5.45. The van der Waals surface area contributed by atoms with Gasteiger partial charge in [0.1, 0.15) is 0 Å². The van der Waals surface area contributed by atoms with E-state index in [1.54, 1.807) is 4.40 Å². The molecule has 0 aliphatic carbocycles. The van der Waals surface area contributed by atoms with Crippen molar-refractivity contribution in [2.45, 2.75) is 6.92 Å². The standard InChI is InChI=1S/C21H15N3OS/c1-14-6-4-7-15(12-14)23-11-5-8-16(23)13-19-20(25)24-18-10-3-2-9-17(18)22-21(24)26-19/h2-13H,1H3/b19-13-. The highest BCUT2D eigenvalue weighted by Gasteiger charge is 2.11.